The van der Waals surface area contributed by atoms with Crippen molar-refractivity contribution in [3.63, 3.8) is 0 Å². The molecule has 2 heterocycles. The van der Waals surface area contributed by atoms with Crippen LogP contribution in [-0.2, 0) is 10.8 Å². The summed E-state index contributed by atoms with van der Waals surface area (Å²) in [6, 6.07) is 47.4. The predicted molar refractivity (Wildman–Crippen MR) is 251 cm³/mol. The average Bonchev–Trinajstić information content (AvgIpc) is 3.69. The molecule has 0 radical (unpaired) electrons. The Morgan fingerprint density at radius 1 is 0.500 bits per heavy atom. The first kappa shape index (κ1) is 32.9. The van der Waals surface area contributed by atoms with Gasteiger partial charge in [0, 0.05) is 22.9 Å². The molecular weight excluding hydrogens is 731 g/mol. The van der Waals surface area contributed by atoms with Gasteiger partial charge in [-0.25, -0.2) is 4.98 Å². The Morgan fingerprint density at radius 2 is 1.18 bits per heavy atom. The Morgan fingerprint density at radius 3 is 1.90 bits per heavy atom. The summed E-state index contributed by atoms with van der Waals surface area (Å²) in [5.41, 5.74) is 12.8. The Kier molecular flexibility index (Phi) is 8.37. The summed E-state index contributed by atoms with van der Waals surface area (Å²) in [6.45, 7) is 13.0. The van der Waals surface area contributed by atoms with E-state index < -0.39 is 6.04 Å². The number of benzene rings is 7. The third-order valence-electron chi connectivity index (χ3n) is 11.2. The van der Waals surface area contributed by atoms with E-state index in [4.69, 9.17) is 16.8 Å². The normalized spacial score (nSPS) is 13.1. The highest BCUT2D eigenvalue weighted by atomic mass is 16.3. The molecule has 0 saturated carbocycles. The lowest BCUT2D eigenvalue weighted by molar-refractivity contribution is 0.475. The predicted octanol–water partition coefficient (Wildman–Crippen LogP) is 14.7. The fraction of sp³-hybridized carbons (Fsp3) is 0.143. The second kappa shape index (κ2) is 15.3. The van der Waals surface area contributed by atoms with Crippen molar-refractivity contribution in [3.8, 4) is 78.6 Å². The summed E-state index contributed by atoms with van der Waals surface area (Å²) in [5, 5.41) is 11.8. The maximum absolute atomic E-state index is 11.8. The van der Waals surface area contributed by atoms with Gasteiger partial charge in [-0.3, -0.25) is 9.55 Å². The number of rotatable bonds is 7. The number of aromatic nitrogens is 3. The van der Waals surface area contributed by atoms with Crippen molar-refractivity contribution in [2.24, 2.45) is 0 Å². The molecule has 0 atom stereocenters. The van der Waals surface area contributed by atoms with Crippen LogP contribution in [0.1, 0.15) is 59.5 Å². The van der Waals surface area contributed by atoms with Crippen LogP contribution < -0.4 is 0 Å². The van der Waals surface area contributed by atoms with E-state index in [1.807, 2.05) is 48.5 Å². The largest absolute Gasteiger partial charge is 0.507 e. The van der Waals surface area contributed by atoms with E-state index in [0.29, 0.717) is 22.6 Å². The molecule has 0 bridgehead atoms. The van der Waals surface area contributed by atoms with Crippen molar-refractivity contribution >= 4 is 11.0 Å². The Labute approximate surface area is 360 Å². The van der Waals surface area contributed by atoms with E-state index in [-0.39, 0.29) is 46.3 Å². The zero-order valence-corrected chi connectivity index (χ0v) is 34.7. The van der Waals surface area contributed by atoms with Crippen LogP contribution in [0.5, 0.6) is 5.75 Å². The second-order valence-corrected chi connectivity index (χ2v) is 17.4. The molecule has 7 aromatic carbocycles. The minimum Gasteiger partial charge on any atom is -0.507 e. The molecule has 2 aromatic heterocycles. The highest BCUT2D eigenvalue weighted by Crippen LogP contribution is 2.43. The van der Waals surface area contributed by atoms with E-state index in [1.54, 1.807) is 24.4 Å². The molecule has 0 amide bonds. The van der Waals surface area contributed by atoms with Crippen LogP contribution in [0.4, 0.5) is 0 Å². The smallest absolute Gasteiger partial charge is 0.149 e. The summed E-state index contributed by atoms with van der Waals surface area (Å²) in [4.78, 5) is 10.3. The van der Waals surface area contributed by atoms with Crippen LogP contribution in [0.3, 0.4) is 0 Å². The van der Waals surface area contributed by atoms with Crippen LogP contribution >= 0.6 is 0 Å². The second-order valence-electron chi connectivity index (χ2n) is 17.4. The molecule has 294 valence electrons. The lowest BCUT2D eigenvalue weighted by Crippen LogP contribution is -2.11. The van der Waals surface area contributed by atoms with Gasteiger partial charge in [-0.15, -0.1) is 0 Å². The summed E-state index contributed by atoms with van der Waals surface area (Å²) >= 11 is 0. The standard InChI is InChI=1S/C56H49N3O/c1-55(2,3)44-26-28-52(60)48(36-44)54-58-53-46(42-31-43(33-45(32-42)56(4,5)6)49-35-41(29-30-57-49)38-19-12-8-13-20-38)23-16-24-51(53)59(54)50-27-25-40(37-17-10-7-11-18-37)34-47(50)39-21-14-9-15-22-39/h7-36,60H,1-6H3/i8D,12D,13D,19D,20D. The summed E-state index contributed by atoms with van der Waals surface area (Å²) < 4.78 is 44.3. The molecule has 0 aliphatic carbocycles. The molecule has 0 fully saturated rings. The highest BCUT2D eigenvalue weighted by molar-refractivity contribution is 5.98. The number of fused-ring (bicyclic) bond motifs is 1. The molecule has 0 saturated heterocycles. The van der Waals surface area contributed by atoms with Gasteiger partial charge in [0.05, 0.1) is 34.8 Å². The van der Waals surface area contributed by atoms with Crippen molar-refractivity contribution in [2.45, 2.75) is 52.4 Å². The summed E-state index contributed by atoms with van der Waals surface area (Å²) in [5.74, 6) is 0.723. The number of nitrogens with zero attached hydrogens (tertiary/aromatic N) is 3. The van der Waals surface area contributed by atoms with Gasteiger partial charge in [0.2, 0.25) is 0 Å². The number of pyridine rings is 1. The van der Waals surface area contributed by atoms with Crippen LogP contribution in [0.2, 0.25) is 0 Å². The van der Waals surface area contributed by atoms with E-state index in [9.17, 15) is 5.11 Å². The topological polar surface area (TPSA) is 50.9 Å². The molecule has 0 spiro atoms. The minimum atomic E-state index is -0.432. The average molecular weight is 785 g/mol. The van der Waals surface area contributed by atoms with Crippen LogP contribution in [0.15, 0.2) is 182 Å². The van der Waals surface area contributed by atoms with Gasteiger partial charge in [-0.05, 0) is 110 Å². The Balaban J connectivity index is 1.31. The Hall–Kier alpha value is -7.04. The number of para-hydroxylation sites is 1. The fourth-order valence-corrected chi connectivity index (χ4v) is 7.83. The molecule has 0 aliphatic heterocycles. The number of hydrogen-bond donors (Lipinski definition) is 1. The molecule has 4 nitrogen and oxygen atoms in total. The molecule has 60 heavy (non-hydrogen) atoms. The molecule has 1 N–H and O–H groups in total. The van der Waals surface area contributed by atoms with Crippen molar-refractivity contribution < 1.29 is 12.0 Å². The van der Waals surface area contributed by atoms with Gasteiger partial charge in [0.1, 0.15) is 11.6 Å². The summed E-state index contributed by atoms with van der Waals surface area (Å²) in [7, 11) is 0. The molecule has 9 rings (SSSR count). The first-order valence-corrected chi connectivity index (χ1v) is 20.3. The van der Waals surface area contributed by atoms with Gasteiger partial charge in [0.25, 0.3) is 0 Å². The van der Waals surface area contributed by atoms with Crippen molar-refractivity contribution in [1.29, 1.82) is 0 Å². The third-order valence-corrected chi connectivity index (χ3v) is 11.2. The van der Waals surface area contributed by atoms with Crippen LogP contribution in [0.25, 0.3) is 83.9 Å². The zero-order chi connectivity index (χ0) is 45.9. The van der Waals surface area contributed by atoms with Crippen molar-refractivity contribution in [3.05, 3.63) is 193 Å². The van der Waals surface area contributed by atoms with Crippen LogP contribution in [-0.4, -0.2) is 19.6 Å². The first-order valence-electron chi connectivity index (χ1n) is 22.8. The lowest BCUT2D eigenvalue weighted by Gasteiger charge is -2.22. The van der Waals surface area contributed by atoms with E-state index in [2.05, 4.69) is 125 Å². The number of phenolic OH excluding ortho intramolecular Hbond substituents is 1. The third kappa shape index (κ3) is 7.42. The number of hydrogen-bond acceptors (Lipinski definition) is 3. The lowest BCUT2D eigenvalue weighted by atomic mass is 9.83. The minimum absolute atomic E-state index is 0.125. The molecule has 0 unspecified atom stereocenters. The van der Waals surface area contributed by atoms with Crippen molar-refractivity contribution in [1.82, 2.24) is 14.5 Å². The number of phenols is 1. The van der Waals surface area contributed by atoms with Gasteiger partial charge >= 0.3 is 0 Å². The molecule has 9 aromatic rings. The van der Waals surface area contributed by atoms with Gasteiger partial charge in [-0.1, -0.05) is 163 Å². The van der Waals surface area contributed by atoms with Gasteiger partial charge in [0.15, 0.2) is 0 Å². The monoisotopic (exact) mass is 784 g/mol. The molecular formula is C56H49N3O. The molecule has 4 heteroatoms. The zero-order valence-electron chi connectivity index (χ0n) is 39.7. The van der Waals surface area contributed by atoms with Gasteiger partial charge < -0.3 is 5.11 Å². The number of imidazole rings is 1. The maximum Gasteiger partial charge on any atom is 0.149 e. The molecule has 0 aliphatic rings. The SMILES string of the molecule is [2H]c1c([2H])c([2H])c(-c2ccnc(-c3cc(-c4cccc5c4nc(-c4cc(C(C)(C)C)ccc4O)n5-c4ccc(-c5ccccc5)cc4-c4ccccc4)cc(C(C)(C)C)c3)c2)c([2H])c1[2H]. The quantitative estimate of drug-likeness (QED) is 0.175. The maximum atomic E-state index is 11.8. The summed E-state index contributed by atoms with van der Waals surface area (Å²) in [6.07, 6.45) is 1.62. The van der Waals surface area contributed by atoms with E-state index in [0.717, 1.165) is 66.8 Å². The van der Waals surface area contributed by atoms with Crippen LogP contribution in [0, 0.1) is 0 Å². The highest BCUT2D eigenvalue weighted by Gasteiger charge is 2.25. The number of aromatic hydroxyl groups is 1. The van der Waals surface area contributed by atoms with Gasteiger partial charge in [-0.2, -0.15) is 0 Å². The van der Waals surface area contributed by atoms with Crippen molar-refractivity contribution in [2.75, 3.05) is 0 Å². The fourth-order valence-electron chi connectivity index (χ4n) is 7.83. The van der Waals surface area contributed by atoms with E-state index in [1.165, 1.54) is 0 Å². The van der Waals surface area contributed by atoms with E-state index >= 15 is 0 Å². The Bertz CT molecular complexity index is 3260. The first-order chi connectivity index (χ1) is 31.0.